The highest BCUT2D eigenvalue weighted by Gasteiger charge is 2.20. The summed E-state index contributed by atoms with van der Waals surface area (Å²) in [6.07, 6.45) is 0. The molecule has 0 saturated heterocycles. The maximum Gasteiger partial charge on any atom is 0.146 e. The molecule has 0 aliphatic rings. The molecular weight excluding hydrogens is 285 g/mol. The molecule has 2 rings (SSSR count). The highest BCUT2D eigenvalue weighted by molar-refractivity contribution is 7.07. The van der Waals surface area contributed by atoms with Crippen molar-refractivity contribution in [2.75, 3.05) is 13.6 Å². The number of halogens is 2. The van der Waals surface area contributed by atoms with Gasteiger partial charge in [0.1, 0.15) is 5.82 Å². The highest BCUT2D eigenvalue weighted by Crippen LogP contribution is 2.27. The molecule has 0 radical (unpaired) electrons. The average molecular weight is 300 g/mol. The maximum atomic E-state index is 14.1. The molecule has 6 heteroatoms. The van der Waals surface area contributed by atoms with Gasteiger partial charge in [-0.15, -0.1) is 11.3 Å². The van der Waals surface area contributed by atoms with E-state index in [-0.39, 0.29) is 11.1 Å². The molecule has 0 fully saturated rings. The van der Waals surface area contributed by atoms with Crippen molar-refractivity contribution in [3.8, 4) is 0 Å². The van der Waals surface area contributed by atoms with Crippen LogP contribution in [0.15, 0.2) is 29.1 Å². The van der Waals surface area contributed by atoms with Gasteiger partial charge in [-0.2, -0.15) is 0 Å². The molecule has 2 N–H and O–H groups in total. The number of hydrogen-bond donors (Lipinski definition) is 1. The van der Waals surface area contributed by atoms with Crippen LogP contribution in [0.3, 0.4) is 0 Å². The number of hydrogen-bond acceptors (Lipinski definition) is 4. The van der Waals surface area contributed by atoms with Crippen molar-refractivity contribution in [3.05, 3.63) is 51.2 Å². The van der Waals surface area contributed by atoms with E-state index >= 15 is 0 Å². The van der Waals surface area contributed by atoms with Crippen LogP contribution in [-0.4, -0.2) is 23.5 Å². The lowest BCUT2D eigenvalue weighted by molar-refractivity contribution is 0.234. The molecule has 3 nitrogen and oxygen atoms in total. The van der Waals surface area contributed by atoms with Crippen LogP contribution in [0.4, 0.5) is 4.39 Å². The van der Waals surface area contributed by atoms with E-state index in [2.05, 4.69) is 4.98 Å². The van der Waals surface area contributed by atoms with Gasteiger partial charge >= 0.3 is 0 Å². The van der Waals surface area contributed by atoms with Gasteiger partial charge in [0.25, 0.3) is 0 Å². The molecule has 1 aromatic heterocycles. The Hall–Kier alpha value is -1.01. The number of benzene rings is 1. The first kappa shape index (κ1) is 14.4. The molecule has 2 aromatic rings. The lowest BCUT2D eigenvalue weighted by Gasteiger charge is -2.27. The fraction of sp³-hybridized carbons (Fsp3) is 0.308. The summed E-state index contributed by atoms with van der Waals surface area (Å²) >= 11 is 7.36. The van der Waals surface area contributed by atoms with E-state index in [1.807, 2.05) is 17.3 Å². The lowest BCUT2D eigenvalue weighted by atomic mass is 10.0. The van der Waals surface area contributed by atoms with Crippen molar-refractivity contribution < 1.29 is 4.39 Å². The van der Waals surface area contributed by atoms with Gasteiger partial charge in [0.2, 0.25) is 0 Å². The summed E-state index contributed by atoms with van der Waals surface area (Å²) < 4.78 is 14.1. The molecule has 1 aromatic carbocycles. The van der Waals surface area contributed by atoms with Gasteiger partial charge in [-0.3, -0.25) is 4.90 Å². The number of nitrogens with zero attached hydrogens (tertiary/aromatic N) is 2. The second-order valence-corrected chi connectivity index (χ2v) is 5.42. The molecule has 0 amide bonds. The normalized spacial score (nSPS) is 12.9. The molecule has 0 aliphatic heterocycles. The monoisotopic (exact) mass is 299 g/mol. The Morgan fingerprint density at radius 1 is 1.53 bits per heavy atom. The smallest absolute Gasteiger partial charge is 0.146 e. The van der Waals surface area contributed by atoms with E-state index in [1.165, 1.54) is 17.4 Å². The Bertz CT molecular complexity index is 533. The Morgan fingerprint density at radius 3 is 2.95 bits per heavy atom. The van der Waals surface area contributed by atoms with E-state index in [1.54, 1.807) is 17.6 Å². The first-order chi connectivity index (χ1) is 9.13. The van der Waals surface area contributed by atoms with Crippen molar-refractivity contribution in [3.63, 3.8) is 0 Å². The molecule has 1 unspecified atom stereocenters. The number of thiazole rings is 1. The predicted molar refractivity (Wildman–Crippen MR) is 76.8 cm³/mol. The van der Waals surface area contributed by atoms with Crippen molar-refractivity contribution >= 4 is 22.9 Å². The minimum atomic E-state index is -0.398. The fourth-order valence-electron chi connectivity index (χ4n) is 2.00. The third-order valence-electron chi connectivity index (χ3n) is 2.99. The number of likely N-dealkylation sites (N-methyl/N-ethyl adjacent to an activating group) is 1. The van der Waals surface area contributed by atoms with Crippen molar-refractivity contribution in [1.82, 2.24) is 9.88 Å². The Kier molecular flexibility index (Phi) is 4.87. The van der Waals surface area contributed by atoms with E-state index in [0.717, 1.165) is 5.69 Å². The van der Waals surface area contributed by atoms with Gasteiger partial charge in [0.15, 0.2) is 0 Å². The summed E-state index contributed by atoms with van der Waals surface area (Å²) in [5.74, 6) is -0.398. The topological polar surface area (TPSA) is 42.2 Å². The van der Waals surface area contributed by atoms with Crippen LogP contribution in [-0.2, 0) is 6.54 Å². The predicted octanol–water partition coefficient (Wildman–Crippen LogP) is 3.07. The minimum Gasteiger partial charge on any atom is -0.329 e. The van der Waals surface area contributed by atoms with Crippen molar-refractivity contribution in [1.29, 1.82) is 0 Å². The minimum absolute atomic E-state index is 0.123. The summed E-state index contributed by atoms with van der Waals surface area (Å²) in [6, 6.07) is 4.77. The van der Waals surface area contributed by atoms with Gasteiger partial charge in [-0.1, -0.05) is 23.7 Å². The quantitative estimate of drug-likeness (QED) is 0.922. The van der Waals surface area contributed by atoms with Crippen LogP contribution >= 0.6 is 22.9 Å². The number of nitrogens with two attached hydrogens (primary N) is 1. The van der Waals surface area contributed by atoms with Crippen LogP contribution in [0.5, 0.6) is 0 Å². The van der Waals surface area contributed by atoms with E-state index < -0.39 is 5.82 Å². The largest absolute Gasteiger partial charge is 0.329 e. The summed E-state index contributed by atoms with van der Waals surface area (Å²) in [5, 5.41) is 2.09. The summed E-state index contributed by atoms with van der Waals surface area (Å²) in [7, 11) is 1.90. The van der Waals surface area contributed by atoms with Gasteiger partial charge in [-0.25, -0.2) is 9.37 Å². The van der Waals surface area contributed by atoms with Gasteiger partial charge in [0, 0.05) is 24.0 Å². The molecule has 102 valence electrons. The van der Waals surface area contributed by atoms with E-state index in [0.29, 0.717) is 18.7 Å². The molecule has 0 bridgehead atoms. The Morgan fingerprint density at radius 2 is 2.32 bits per heavy atom. The van der Waals surface area contributed by atoms with Gasteiger partial charge in [0.05, 0.1) is 22.3 Å². The fourth-order valence-corrected chi connectivity index (χ4v) is 2.73. The Labute approximate surface area is 120 Å². The molecule has 1 heterocycles. The third-order valence-corrected chi connectivity index (χ3v) is 3.92. The van der Waals surface area contributed by atoms with Crippen LogP contribution in [0, 0.1) is 5.82 Å². The first-order valence-corrected chi connectivity index (χ1v) is 7.17. The van der Waals surface area contributed by atoms with Gasteiger partial charge in [-0.05, 0) is 13.1 Å². The number of aromatic nitrogens is 1. The third kappa shape index (κ3) is 3.30. The van der Waals surface area contributed by atoms with E-state index in [4.69, 9.17) is 17.3 Å². The van der Waals surface area contributed by atoms with Gasteiger partial charge < -0.3 is 5.73 Å². The average Bonchev–Trinajstić information content (AvgIpc) is 2.88. The highest BCUT2D eigenvalue weighted by atomic mass is 35.5. The SMILES string of the molecule is CN(Cc1cscn1)C(CN)c1cccc(Cl)c1F. The van der Waals surface area contributed by atoms with Crippen molar-refractivity contribution in [2.45, 2.75) is 12.6 Å². The summed E-state index contributed by atoms with van der Waals surface area (Å²) in [5.41, 5.74) is 9.04. The van der Waals surface area contributed by atoms with Crippen LogP contribution in [0.2, 0.25) is 5.02 Å². The summed E-state index contributed by atoms with van der Waals surface area (Å²) in [4.78, 5) is 6.20. The van der Waals surface area contributed by atoms with Crippen LogP contribution in [0.25, 0.3) is 0 Å². The first-order valence-electron chi connectivity index (χ1n) is 5.84. The van der Waals surface area contributed by atoms with Crippen molar-refractivity contribution in [2.24, 2.45) is 5.73 Å². The molecular formula is C13H15ClFN3S. The lowest BCUT2D eigenvalue weighted by Crippen LogP contribution is -2.31. The molecule has 1 atom stereocenters. The maximum absolute atomic E-state index is 14.1. The summed E-state index contributed by atoms with van der Waals surface area (Å²) in [6.45, 7) is 0.940. The standard InChI is InChI=1S/C13H15ClFN3S/c1-18(6-9-7-19-8-17-9)12(5-16)10-3-2-4-11(14)13(10)15/h2-4,7-8,12H,5-6,16H2,1H3. The second kappa shape index (κ2) is 6.43. The molecule has 0 spiro atoms. The van der Waals surface area contributed by atoms with Crippen LogP contribution < -0.4 is 5.73 Å². The Balaban J connectivity index is 2.21. The second-order valence-electron chi connectivity index (χ2n) is 4.29. The zero-order valence-corrected chi connectivity index (χ0v) is 12.1. The van der Waals surface area contributed by atoms with Crippen LogP contribution in [0.1, 0.15) is 17.3 Å². The number of rotatable bonds is 5. The van der Waals surface area contributed by atoms with E-state index in [9.17, 15) is 4.39 Å². The molecule has 0 saturated carbocycles. The molecule has 19 heavy (non-hydrogen) atoms. The molecule has 0 aliphatic carbocycles. The zero-order chi connectivity index (χ0) is 13.8. The zero-order valence-electron chi connectivity index (χ0n) is 10.5.